The number of nitrogens with zero attached hydrogens (tertiary/aromatic N) is 1. The molecule has 4 nitrogen and oxygen atoms in total. The molecule has 0 spiro atoms. The Kier molecular flexibility index (Phi) is 3.38. The van der Waals surface area contributed by atoms with Crippen molar-refractivity contribution in [1.82, 2.24) is 9.84 Å². The van der Waals surface area contributed by atoms with Crippen molar-refractivity contribution in [3.63, 3.8) is 0 Å². The third-order valence-electron chi connectivity index (χ3n) is 2.36. The van der Waals surface area contributed by atoms with E-state index in [9.17, 15) is 8.42 Å². The van der Waals surface area contributed by atoms with Gasteiger partial charge in [-0.1, -0.05) is 30.4 Å². The van der Waals surface area contributed by atoms with Crippen LogP contribution in [0.25, 0.3) is 0 Å². The fourth-order valence-corrected chi connectivity index (χ4v) is 2.67. The predicted octanol–water partition coefficient (Wildman–Crippen LogP) is 1.14. The summed E-state index contributed by atoms with van der Waals surface area (Å²) in [6, 6.07) is 8.39. The van der Waals surface area contributed by atoms with E-state index in [0.29, 0.717) is 18.0 Å². The molecule has 0 bridgehead atoms. The standard InChI is InChI=1S/C11H14N2O2S/c14-16(15,11-7-3-1-4-8-11)12-13-9-5-2-6-10-13/h1-5,7-8,12H,6,9-10H2. The van der Waals surface area contributed by atoms with Gasteiger partial charge in [-0.3, -0.25) is 0 Å². The number of hydrazine groups is 1. The Labute approximate surface area is 95.6 Å². The molecule has 0 saturated heterocycles. The summed E-state index contributed by atoms with van der Waals surface area (Å²) in [5.74, 6) is 0. The van der Waals surface area contributed by atoms with Crippen molar-refractivity contribution < 1.29 is 8.42 Å². The SMILES string of the molecule is O=S(=O)(NN1CC=CCC1)c1ccccc1. The molecule has 1 aromatic carbocycles. The molecule has 0 atom stereocenters. The lowest BCUT2D eigenvalue weighted by Gasteiger charge is -2.23. The molecule has 16 heavy (non-hydrogen) atoms. The molecule has 0 amide bonds. The molecule has 0 saturated carbocycles. The van der Waals surface area contributed by atoms with Gasteiger partial charge in [0.05, 0.1) is 4.90 Å². The minimum absolute atomic E-state index is 0.296. The van der Waals surface area contributed by atoms with E-state index in [-0.39, 0.29) is 0 Å². The van der Waals surface area contributed by atoms with Crippen molar-refractivity contribution in [2.45, 2.75) is 11.3 Å². The zero-order chi connectivity index (χ0) is 11.4. The monoisotopic (exact) mass is 238 g/mol. The Balaban J connectivity index is 2.11. The Bertz CT molecular complexity index is 468. The number of hydrogen-bond donors (Lipinski definition) is 1. The van der Waals surface area contributed by atoms with Gasteiger partial charge in [0, 0.05) is 13.1 Å². The molecule has 1 aromatic rings. The average Bonchev–Trinajstić information content (AvgIpc) is 2.31. The van der Waals surface area contributed by atoms with Crippen LogP contribution in [0.2, 0.25) is 0 Å². The molecular formula is C11H14N2O2S. The molecule has 0 aliphatic carbocycles. The smallest absolute Gasteiger partial charge is 0.226 e. The maximum atomic E-state index is 11.9. The fourth-order valence-electron chi connectivity index (χ4n) is 1.55. The number of hydrogen-bond acceptors (Lipinski definition) is 3. The van der Waals surface area contributed by atoms with Crippen LogP contribution in [-0.2, 0) is 10.0 Å². The molecule has 0 aromatic heterocycles. The number of sulfonamides is 1. The summed E-state index contributed by atoms with van der Waals surface area (Å²) in [5.41, 5.74) is 0. The van der Waals surface area contributed by atoms with E-state index >= 15 is 0 Å². The van der Waals surface area contributed by atoms with Crippen LogP contribution in [0.3, 0.4) is 0 Å². The van der Waals surface area contributed by atoms with E-state index in [1.807, 2.05) is 12.2 Å². The molecule has 0 fully saturated rings. The van der Waals surface area contributed by atoms with Crippen molar-refractivity contribution in [2.24, 2.45) is 0 Å². The van der Waals surface area contributed by atoms with Crippen molar-refractivity contribution in [2.75, 3.05) is 13.1 Å². The lowest BCUT2D eigenvalue weighted by atomic mass is 10.3. The Morgan fingerprint density at radius 1 is 1.12 bits per heavy atom. The van der Waals surface area contributed by atoms with Crippen LogP contribution in [-0.4, -0.2) is 26.5 Å². The Morgan fingerprint density at radius 2 is 1.88 bits per heavy atom. The maximum Gasteiger partial charge on any atom is 0.253 e. The highest BCUT2D eigenvalue weighted by molar-refractivity contribution is 7.89. The first-order chi connectivity index (χ1) is 7.68. The van der Waals surface area contributed by atoms with Gasteiger partial charge in [0.2, 0.25) is 0 Å². The molecule has 1 heterocycles. The van der Waals surface area contributed by atoms with Crippen molar-refractivity contribution in [3.8, 4) is 0 Å². The van der Waals surface area contributed by atoms with E-state index in [1.165, 1.54) is 0 Å². The number of benzene rings is 1. The molecular weight excluding hydrogens is 224 g/mol. The van der Waals surface area contributed by atoms with E-state index in [4.69, 9.17) is 0 Å². The molecule has 1 aliphatic rings. The van der Waals surface area contributed by atoms with Gasteiger partial charge in [-0.2, -0.15) is 0 Å². The van der Waals surface area contributed by atoms with Crippen molar-refractivity contribution >= 4 is 10.0 Å². The zero-order valence-electron chi connectivity index (χ0n) is 8.83. The van der Waals surface area contributed by atoms with E-state index in [2.05, 4.69) is 4.83 Å². The molecule has 1 aliphatic heterocycles. The summed E-state index contributed by atoms with van der Waals surface area (Å²) in [7, 11) is -3.42. The maximum absolute atomic E-state index is 11.9. The average molecular weight is 238 g/mol. The second-order valence-corrected chi connectivity index (χ2v) is 5.27. The molecule has 86 valence electrons. The highest BCUT2D eigenvalue weighted by atomic mass is 32.2. The molecule has 0 radical (unpaired) electrons. The molecule has 0 unspecified atom stereocenters. The van der Waals surface area contributed by atoms with Crippen LogP contribution in [0.15, 0.2) is 47.4 Å². The van der Waals surface area contributed by atoms with Gasteiger partial charge >= 0.3 is 0 Å². The fraction of sp³-hybridized carbons (Fsp3) is 0.273. The summed E-state index contributed by atoms with van der Waals surface area (Å²) in [4.78, 5) is 2.86. The Morgan fingerprint density at radius 3 is 2.50 bits per heavy atom. The lowest BCUT2D eigenvalue weighted by Crippen LogP contribution is -2.43. The normalized spacial score (nSPS) is 17.5. The quantitative estimate of drug-likeness (QED) is 0.803. The van der Waals surface area contributed by atoms with Crippen molar-refractivity contribution in [1.29, 1.82) is 0 Å². The first-order valence-electron chi connectivity index (χ1n) is 5.16. The summed E-state index contributed by atoms with van der Waals surface area (Å²) < 4.78 is 23.8. The van der Waals surface area contributed by atoms with Gasteiger partial charge in [-0.25, -0.2) is 13.4 Å². The van der Waals surface area contributed by atoms with Crippen LogP contribution in [0.4, 0.5) is 0 Å². The van der Waals surface area contributed by atoms with Gasteiger partial charge < -0.3 is 0 Å². The van der Waals surface area contributed by atoms with Gasteiger partial charge in [-0.05, 0) is 18.6 Å². The van der Waals surface area contributed by atoms with Gasteiger partial charge in [0.1, 0.15) is 0 Å². The minimum atomic E-state index is -3.42. The first-order valence-corrected chi connectivity index (χ1v) is 6.64. The topological polar surface area (TPSA) is 49.4 Å². The minimum Gasteiger partial charge on any atom is -0.226 e. The third kappa shape index (κ3) is 2.69. The molecule has 1 N–H and O–H groups in total. The van der Waals surface area contributed by atoms with E-state index in [1.54, 1.807) is 35.3 Å². The van der Waals surface area contributed by atoms with Crippen LogP contribution < -0.4 is 4.83 Å². The van der Waals surface area contributed by atoms with Gasteiger partial charge in [0.25, 0.3) is 10.0 Å². The second-order valence-electron chi connectivity index (χ2n) is 3.61. The highest BCUT2D eigenvalue weighted by Gasteiger charge is 2.17. The molecule has 5 heteroatoms. The Hall–Kier alpha value is -1.17. The summed E-state index contributed by atoms with van der Waals surface area (Å²) in [5, 5.41) is 1.70. The zero-order valence-corrected chi connectivity index (χ0v) is 9.65. The number of nitrogens with one attached hydrogen (secondary N) is 1. The van der Waals surface area contributed by atoms with Gasteiger partial charge in [-0.15, -0.1) is 4.83 Å². The summed E-state index contributed by atoms with van der Waals surface area (Å²) >= 11 is 0. The van der Waals surface area contributed by atoms with E-state index < -0.39 is 10.0 Å². The van der Waals surface area contributed by atoms with Crippen LogP contribution in [0, 0.1) is 0 Å². The van der Waals surface area contributed by atoms with Gasteiger partial charge in [0.15, 0.2) is 0 Å². The predicted molar refractivity (Wildman–Crippen MR) is 62.1 cm³/mol. The largest absolute Gasteiger partial charge is 0.253 e. The third-order valence-corrected chi connectivity index (χ3v) is 3.75. The highest BCUT2D eigenvalue weighted by Crippen LogP contribution is 2.09. The molecule has 2 rings (SSSR count). The summed E-state index contributed by atoms with van der Waals surface area (Å²) in [6.07, 6.45) is 4.88. The first kappa shape index (κ1) is 11.3. The van der Waals surface area contributed by atoms with Crippen LogP contribution >= 0.6 is 0 Å². The van der Waals surface area contributed by atoms with Crippen molar-refractivity contribution in [3.05, 3.63) is 42.5 Å². The van der Waals surface area contributed by atoms with Crippen LogP contribution in [0.1, 0.15) is 6.42 Å². The summed E-state index contributed by atoms with van der Waals surface area (Å²) in [6.45, 7) is 1.33. The van der Waals surface area contributed by atoms with E-state index in [0.717, 1.165) is 6.42 Å². The number of rotatable bonds is 3. The second kappa shape index (κ2) is 4.78. The lowest BCUT2D eigenvalue weighted by molar-refractivity contribution is 0.263. The van der Waals surface area contributed by atoms with Crippen LogP contribution in [0.5, 0.6) is 0 Å².